The third-order valence-corrected chi connectivity index (χ3v) is 7.77. The molecule has 0 bridgehead atoms. The Balaban J connectivity index is 1.41. The highest BCUT2D eigenvalue weighted by Crippen LogP contribution is 2.32. The summed E-state index contributed by atoms with van der Waals surface area (Å²) >= 11 is 7.32. The molecular weight excluding hydrogens is 420 g/mol. The van der Waals surface area contributed by atoms with Crippen LogP contribution in [-0.4, -0.2) is 44.0 Å². The Kier molecular flexibility index (Phi) is 5.46. The number of rotatable bonds is 5. The smallest absolute Gasteiger partial charge is 0.274 e. The second kappa shape index (κ2) is 7.87. The van der Waals surface area contributed by atoms with E-state index in [1.807, 2.05) is 18.2 Å². The van der Waals surface area contributed by atoms with Crippen molar-refractivity contribution >= 4 is 43.2 Å². The van der Waals surface area contributed by atoms with Gasteiger partial charge in [0.25, 0.3) is 5.19 Å². The zero-order valence-electron chi connectivity index (χ0n) is 15.2. The number of aromatic nitrogens is 1. The van der Waals surface area contributed by atoms with Crippen LogP contribution in [0.2, 0.25) is 5.02 Å². The SMILES string of the molecule is COc1ccc2nc(OC3CCN(S(=O)(=O)c4ccc(Cl)cc4)CC3)sc2c1. The summed E-state index contributed by atoms with van der Waals surface area (Å²) in [6.07, 6.45) is 1.18. The summed E-state index contributed by atoms with van der Waals surface area (Å²) in [6.45, 7) is 0.822. The molecule has 28 heavy (non-hydrogen) atoms. The van der Waals surface area contributed by atoms with Crippen molar-refractivity contribution < 1.29 is 17.9 Å². The van der Waals surface area contributed by atoms with Crippen LogP contribution in [-0.2, 0) is 10.0 Å². The first kappa shape index (κ1) is 19.4. The van der Waals surface area contributed by atoms with E-state index in [-0.39, 0.29) is 11.0 Å². The zero-order valence-corrected chi connectivity index (χ0v) is 17.6. The van der Waals surface area contributed by atoms with Gasteiger partial charge in [0.1, 0.15) is 11.9 Å². The number of halogens is 1. The van der Waals surface area contributed by atoms with Gasteiger partial charge >= 0.3 is 0 Å². The van der Waals surface area contributed by atoms with Crippen molar-refractivity contribution in [3.63, 3.8) is 0 Å². The monoisotopic (exact) mass is 438 g/mol. The minimum absolute atomic E-state index is 0.0564. The number of thiazole rings is 1. The highest BCUT2D eigenvalue weighted by molar-refractivity contribution is 7.89. The van der Waals surface area contributed by atoms with Crippen LogP contribution in [0.15, 0.2) is 47.4 Å². The maximum atomic E-state index is 12.8. The molecule has 0 unspecified atom stereocenters. The van der Waals surface area contributed by atoms with Crippen LogP contribution in [0.5, 0.6) is 10.9 Å². The number of nitrogens with zero attached hydrogens (tertiary/aromatic N) is 2. The molecule has 3 aromatic rings. The van der Waals surface area contributed by atoms with Crippen LogP contribution in [0.3, 0.4) is 0 Å². The van der Waals surface area contributed by atoms with Crippen LogP contribution in [0.1, 0.15) is 12.8 Å². The van der Waals surface area contributed by atoms with Gasteiger partial charge in [-0.3, -0.25) is 0 Å². The van der Waals surface area contributed by atoms with Gasteiger partial charge in [-0.05, 0) is 55.3 Å². The second-order valence-corrected chi connectivity index (χ2v) is 9.86. The van der Waals surface area contributed by atoms with E-state index in [0.29, 0.717) is 36.1 Å². The van der Waals surface area contributed by atoms with Crippen molar-refractivity contribution in [2.75, 3.05) is 20.2 Å². The van der Waals surface area contributed by atoms with E-state index in [0.717, 1.165) is 16.0 Å². The van der Waals surface area contributed by atoms with E-state index in [9.17, 15) is 8.42 Å². The number of piperidine rings is 1. The number of benzene rings is 2. The molecule has 4 rings (SSSR count). The maximum absolute atomic E-state index is 12.8. The molecule has 6 nitrogen and oxygen atoms in total. The average Bonchev–Trinajstić information content (AvgIpc) is 3.10. The van der Waals surface area contributed by atoms with Gasteiger partial charge in [0, 0.05) is 18.1 Å². The van der Waals surface area contributed by atoms with Gasteiger partial charge in [-0.25, -0.2) is 13.4 Å². The number of hydrogen-bond acceptors (Lipinski definition) is 6. The predicted molar refractivity (Wildman–Crippen MR) is 110 cm³/mol. The largest absolute Gasteiger partial charge is 0.497 e. The van der Waals surface area contributed by atoms with Crippen molar-refractivity contribution in [2.45, 2.75) is 23.8 Å². The molecule has 1 aliphatic rings. The summed E-state index contributed by atoms with van der Waals surface area (Å²) in [5, 5.41) is 1.11. The van der Waals surface area contributed by atoms with Crippen LogP contribution < -0.4 is 9.47 Å². The molecule has 2 aromatic carbocycles. The molecule has 0 radical (unpaired) electrons. The van der Waals surface area contributed by atoms with Crippen molar-refractivity contribution in [1.29, 1.82) is 0 Å². The normalized spacial score (nSPS) is 16.4. The standard InChI is InChI=1S/C19H19ClN2O4S2/c1-25-15-4-7-17-18(12-15)27-19(21-17)26-14-8-10-22(11-9-14)28(23,24)16-5-2-13(20)3-6-16/h2-7,12,14H,8-11H2,1H3. The maximum Gasteiger partial charge on any atom is 0.274 e. The first-order chi connectivity index (χ1) is 13.5. The summed E-state index contributed by atoms with van der Waals surface area (Å²) in [7, 11) is -1.88. The molecule has 0 aliphatic carbocycles. The highest BCUT2D eigenvalue weighted by atomic mass is 35.5. The molecule has 0 N–H and O–H groups in total. The number of methoxy groups -OCH3 is 1. The number of fused-ring (bicyclic) bond motifs is 1. The minimum atomic E-state index is -3.51. The molecule has 0 saturated carbocycles. The molecule has 0 spiro atoms. The summed E-state index contributed by atoms with van der Waals surface area (Å²) in [5.41, 5.74) is 0.864. The zero-order chi connectivity index (χ0) is 19.7. The van der Waals surface area contributed by atoms with Gasteiger partial charge in [0.15, 0.2) is 0 Å². The van der Waals surface area contributed by atoms with E-state index in [1.54, 1.807) is 19.2 Å². The molecular formula is C19H19ClN2O4S2. The Morgan fingerprint density at radius 2 is 1.86 bits per heavy atom. The van der Waals surface area contributed by atoms with Gasteiger partial charge in [-0.2, -0.15) is 4.31 Å². The van der Waals surface area contributed by atoms with Crippen molar-refractivity contribution in [2.24, 2.45) is 0 Å². The van der Waals surface area contributed by atoms with E-state index in [1.165, 1.54) is 27.8 Å². The molecule has 148 valence electrons. The summed E-state index contributed by atoms with van der Waals surface area (Å²) in [6, 6.07) is 12.0. The van der Waals surface area contributed by atoms with Gasteiger partial charge in [0.05, 0.1) is 22.2 Å². The second-order valence-electron chi connectivity index (χ2n) is 6.49. The summed E-state index contributed by atoms with van der Waals surface area (Å²) < 4.78 is 39.3. The van der Waals surface area contributed by atoms with Gasteiger partial charge in [-0.1, -0.05) is 22.9 Å². The van der Waals surface area contributed by atoms with Gasteiger partial charge in [0.2, 0.25) is 10.0 Å². The van der Waals surface area contributed by atoms with E-state index in [2.05, 4.69) is 4.98 Å². The Bertz CT molecular complexity index is 1080. The Hall–Kier alpha value is -1.87. The van der Waals surface area contributed by atoms with Crippen molar-refractivity contribution in [3.8, 4) is 10.9 Å². The van der Waals surface area contributed by atoms with E-state index in [4.69, 9.17) is 21.1 Å². The molecule has 1 aromatic heterocycles. The predicted octanol–water partition coefficient (Wildman–Crippen LogP) is 4.19. The van der Waals surface area contributed by atoms with Crippen LogP contribution >= 0.6 is 22.9 Å². The first-order valence-electron chi connectivity index (χ1n) is 8.83. The summed E-state index contributed by atoms with van der Waals surface area (Å²) in [5.74, 6) is 0.781. The lowest BCUT2D eigenvalue weighted by molar-refractivity contribution is 0.135. The molecule has 9 heteroatoms. The highest BCUT2D eigenvalue weighted by Gasteiger charge is 2.30. The van der Waals surface area contributed by atoms with Gasteiger partial charge < -0.3 is 9.47 Å². The van der Waals surface area contributed by atoms with Gasteiger partial charge in [-0.15, -0.1) is 0 Å². The summed E-state index contributed by atoms with van der Waals surface area (Å²) in [4.78, 5) is 4.76. The van der Waals surface area contributed by atoms with Crippen molar-refractivity contribution in [1.82, 2.24) is 9.29 Å². The topological polar surface area (TPSA) is 68.7 Å². The fourth-order valence-corrected chi connectivity index (χ4v) is 5.66. The lowest BCUT2D eigenvalue weighted by Crippen LogP contribution is -2.41. The molecule has 2 heterocycles. The Labute approximate surface area is 172 Å². The van der Waals surface area contributed by atoms with E-state index >= 15 is 0 Å². The number of sulfonamides is 1. The number of hydrogen-bond donors (Lipinski definition) is 0. The molecule has 1 saturated heterocycles. The van der Waals surface area contributed by atoms with E-state index < -0.39 is 10.0 Å². The lowest BCUT2D eigenvalue weighted by atomic mass is 10.1. The quantitative estimate of drug-likeness (QED) is 0.597. The molecule has 0 amide bonds. The number of ether oxygens (including phenoxy) is 2. The lowest BCUT2D eigenvalue weighted by Gasteiger charge is -2.30. The molecule has 1 aliphatic heterocycles. The fourth-order valence-electron chi connectivity index (χ4n) is 3.15. The molecule has 1 fully saturated rings. The average molecular weight is 439 g/mol. The van der Waals surface area contributed by atoms with Crippen LogP contribution in [0, 0.1) is 0 Å². The Morgan fingerprint density at radius 3 is 2.54 bits per heavy atom. The van der Waals surface area contributed by atoms with Crippen LogP contribution in [0.25, 0.3) is 10.2 Å². The van der Waals surface area contributed by atoms with Crippen LogP contribution in [0.4, 0.5) is 0 Å². The fraction of sp³-hybridized carbons (Fsp3) is 0.316. The third-order valence-electron chi connectivity index (χ3n) is 4.70. The van der Waals surface area contributed by atoms with Crippen molar-refractivity contribution in [3.05, 3.63) is 47.5 Å². The third kappa shape index (κ3) is 3.96. The molecule has 0 atom stereocenters. The minimum Gasteiger partial charge on any atom is -0.497 e. The first-order valence-corrected chi connectivity index (χ1v) is 11.5. The Morgan fingerprint density at radius 1 is 1.14 bits per heavy atom.